The number of rotatable bonds is 4. The van der Waals surface area contributed by atoms with E-state index < -0.39 is 0 Å². The van der Waals surface area contributed by atoms with Crippen LogP contribution in [0.4, 0.5) is 15.9 Å². The molecule has 0 unspecified atom stereocenters. The molecule has 29 heavy (non-hydrogen) atoms. The molecular formula is C21H19Cl2FN4O. The van der Waals surface area contributed by atoms with Gasteiger partial charge in [-0.3, -0.25) is 4.68 Å². The topological polar surface area (TPSA) is 52.0 Å². The molecule has 0 spiro atoms. The van der Waals surface area contributed by atoms with Crippen LogP contribution in [-0.2, 0) is 7.05 Å². The fourth-order valence-electron chi connectivity index (χ4n) is 3.21. The zero-order chi connectivity index (χ0) is 19.8. The Morgan fingerprint density at radius 2 is 1.83 bits per heavy atom. The molecule has 2 aromatic carbocycles. The number of methoxy groups -OCH3 is 1. The smallest absolute Gasteiger partial charge is 0.142 e. The third-order valence-electron chi connectivity index (χ3n) is 4.56. The summed E-state index contributed by atoms with van der Waals surface area (Å²) >= 11 is 6.25. The number of pyridine rings is 1. The van der Waals surface area contributed by atoms with E-state index in [1.165, 1.54) is 12.1 Å². The van der Waals surface area contributed by atoms with Crippen LogP contribution in [0.5, 0.6) is 5.75 Å². The summed E-state index contributed by atoms with van der Waals surface area (Å²) in [5, 5.41) is 9.27. The number of aromatic nitrogens is 3. The lowest BCUT2D eigenvalue weighted by molar-refractivity contribution is 0.415. The van der Waals surface area contributed by atoms with Gasteiger partial charge in [-0.1, -0.05) is 11.6 Å². The summed E-state index contributed by atoms with van der Waals surface area (Å²) in [6.07, 6.45) is 0. The van der Waals surface area contributed by atoms with E-state index in [1.807, 2.05) is 30.8 Å². The first-order valence-electron chi connectivity index (χ1n) is 8.67. The molecule has 0 bridgehead atoms. The molecule has 0 amide bonds. The minimum absolute atomic E-state index is 0. The molecule has 0 atom stereocenters. The van der Waals surface area contributed by atoms with Gasteiger partial charge in [0.05, 0.1) is 34.4 Å². The minimum atomic E-state index is -0.285. The highest BCUT2D eigenvalue weighted by Gasteiger charge is 2.15. The van der Waals surface area contributed by atoms with Gasteiger partial charge in [0.1, 0.15) is 17.4 Å². The molecule has 150 valence electrons. The number of hydrogen-bond donors (Lipinski definition) is 1. The van der Waals surface area contributed by atoms with Crippen molar-refractivity contribution in [1.29, 1.82) is 0 Å². The molecular weight excluding hydrogens is 414 g/mol. The first kappa shape index (κ1) is 20.9. The number of fused-ring (bicyclic) bond motifs is 1. The van der Waals surface area contributed by atoms with E-state index in [2.05, 4.69) is 10.4 Å². The van der Waals surface area contributed by atoms with E-state index in [0.29, 0.717) is 16.6 Å². The first-order valence-corrected chi connectivity index (χ1v) is 9.05. The van der Waals surface area contributed by atoms with Gasteiger partial charge in [0.15, 0.2) is 0 Å². The van der Waals surface area contributed by atoms with Gasteiger partial charge in [-0.15, -0.1) is 12.4 Å². The number of aryl methyl sites for hydroxylation is 2. The third-order valence-corrected chi connectivity index (χ3v) is 4.86. The highest BCUT2D eigenvalue weighted by molar-refractivity contribution is 6.32. The zero-order valence-corrected chi connectivity index (χ0v) is 17.6. The zero-order valence-electron chi connectivity index (χ0n) is 16.0. The van der Waals surface area contributed by atoms with E-state index in [1.54, 1.807) is 31.4 Å². The number of halogens is 3. The van der Waals surface area contributed by atoms with Crippen LogP contribution in [0.15, 0.2) is 48.5 Å². The van der Waals surface area contributed by atoms with Crippen molar-refractivity contribution in [2.75, 3.05) is 12.4 Å². The van der Waals surface area contributed by atoms with Crippen LogP contribution in [0.1, 0.15) is 5.69 Å². The maximum atomic E-state index is 13.3. The molecule has 0 aliphatic carbocycles. The SMILES string of the molecule is COc1ccc(Nc2nc(-c3ccc(F)cc3)cc3c2c(C)nn3C)cc1Cl.Cl. The van der Waals surface area contributed by atoms with Gasteiger partial charge in [0.2, 0.25) is 0 Å². The molecule has 2 heterocycles. The standard InChI is InChI=1S/C21H18ClFN4O.ClH/c1-12-20-18(27(2)26-12)11-17(13-4-6-14(23)7-5-13)25-21(20)24-15-8-9-19(28-3)16(22)10-15;/h4-11H,1-3H3,(H,24,25);1H. The average Bonchev–Trinajstić information content (AvgIpc) is 2.96. The second-order valence-corrected chi connectivity index (χ2v) is 6.85. The summed E-state index contributed by atoms with van der Waals surface area (Å²) in [6, 6.07) is 13.7. The van der Waals surface area contributed by atoms with Crippen LogP contribution in [0.2, 0.25) is 5.02 Å². The van der Waals surface area contributed by atoms with E-state index in [-0.39, 0.29) is 18.2 Å². The van der Waals surface area contributed by atoms with Crippen molar-refractivity contribution >= 4 is 46.4 Å². The maximum Gasteiger partial charge on any atom is 0.142 e. The Labute approximate surface area is 178 Å². The highest BCUT2D eigenvalue weighted by atomic mass is 35.5. The second kappa shape index (κ2) is 8.27. The van der Waals surface area contributed by atoms with Crippen molar-refractivity contribution in [3.8, 4) is 17.0 Å². The van der Waals surface area contributed by atoms with Crippen molar-refractivity contribution in [3.63, 3.8) is 0 Å². The van der Waals surface area contributed by atoms with E-state index >= 15 is 0 Å². The summed E-state index contributed by atoms with van der Waals surface area (Å²) in [7, 11) is 3.46. The number of nitrogens with one attached hydrogen (secondary N) is 1. The molecule has 0 fully saturated rings. The number of anilines is 2. The molecule has 4 aromatic rings. The van der Waals surface area contributed by atoms with Gasteiger partial charge < -0.3 is 10.1 Å². The van der Waals surface area contributed by atoms with Crippen LogP contribution in [0.25, 0.3) is 22.2 Å². The predicted octanol–water partition coefficient (Wildman–Crippen LogP) is 5.91. The van der Waals surface area contributed by atoms with Crippen molar-refractivity contribution in [2.24, 2.45) is 7.05 Å². The molecule has 4 rings (SSSR count). The Kier molecular flexibility index (Phi) is 5.96. The summed E-state index contributed by atoms with van der Waals surface area (Å²) in [5.74, 6) is 0.971. The van der Waals surface area contributed by atoms with Gasteiger partial charge in [-0.05, 0) is 55.5 Å². The van der Waals surface area contributed by atoms with Gasteiger partial charge in [0.25, 0.3) is 0 Å². The molecule has 0 aliphatic heterocycles. The molecule has 0 saturated carbocycles. The predicted molar refractivity (Wildman–Crippen MR) is 117 cm³/mol. The van der Waals surface area contributed by atoms with Crippen LogP contribution in [-0.4, -0.2) is 21.9 Å². The van der Waals surface area contributed by atoms with Crippen molar-refractivity contribution < 1.29 is 9.13 Å². The van der Waals surface area contributed by atoms with E-state index in [0.717, 1.165) is 33.5 Å². The molecule has 0 aliphatic rings. The first-order chi connectivity index (χ1) is 13.5. The normalized spacial score (nSPS) is 10.7. The Hall–Kier alpha value is -2.83. The molecule has 1 N–H and O–H groups in total. The Morgan fingerprint density at radius 1 is 1.10 bits per heavy atom. The number of nitrogens with zero attached hydrogens (tertiary/aromatic N) is 3. The van der Waals surface area contributed by atoms with E-state index in [9.17, 15) is 4.39 Å². The molecule has 0 saturated heterocycles. The summed E-state index contributed by atoms with van der Waals surface area (Å²) in [5.41, 5.74) is 4.10. The Morgan fingerprint density at radius 3 is 2.48 bits per heavy atom. The lowest BCUT2D eigenvalue weighted by Gasteiger charge is -2.12. The highest BCUT2D eigenvalue weighted by Crippen LogP contribution is 2.33. The van der Waals surface area contributed by atoms with Crippen LogP contribution < -0.4 is 10.1 Å². The van der Waals surface area contributed by atoms with E-state index in [4.69, 9.17) is 21.3 Å². The number of ether oxygens (including phenoxy) is 1. The van der Waals surface area contributed by atoms with Gasteiger partial charge in [0, 0.05) is 18.3 Å². The summed E-state index contributed by atoms with van der Waals surface area (Å²) < 4.78 is 20.3. The molecule has 0 radical (unpaired) electrons. The van der Waals surface area contributed by atoms with Crippen molar-refractivity contribution in [2.45, 2.75) is 6.92 Å². The quantitative estimate of drug-likeness (QED) is 0.435. The third kappa shape index (κ3) is 3.99. The monoisotopic (exact) mass is 432 g/mol. The fraction of sp³-hybridized carbons (Fsp3) is 0.143. The van der Waals surface area contributed by atoms with Gasteiger partial charge in [-0.25, -0.2) is 9.37 Å². The molecule has 2 aromatic heterocycles. The maximum absolute atomic E-state index is 13.3. The number of hydrogen-bond acceptors (Lipinski definition) is 4. The number of benzene rings is 2. The Balaban J connectivity index is 0.00000240. The lowest BCUT2D eigenvalue weighted by Crippen LogP contribution is -1.98. The van der Waals surface area contributed by atoms with Crippen molar-refractivity contribution in [1.82, 2.24) is 14.8 Å². The largest absolute Gasteiger partial charge is 0.495 e. The fourth-order valence-corrected chi connectivity index (χ4v) is 3.47. The lowest BCUT2D eigenvalue weighted by atomic mass is 10.1. The average molecular weight is 433 g/mol. The summed E-state index contributed by atoms with van der Waals surface area (Å²) in [4.78, 5) is 4.78. The van der Waals surface area contributed by atoms with Crippen LogP contribution in [0, 0.1) is 12.7 Å². The molecule has 8 heteroatoms. The minimum Gasteiger partial charge on any atom is -0.495 e. The molecule has 5 nitrogen and oxygen atoms in total. The van der Waals surface area contributed by atoms with Crippen LogP contribution in [0.3, 0.4) is 0 Å². The van der Waals surface area contributed by atoms with Gasteiger partial charge >= 0.3 is 0 Å². The van der Waals surface area contributed by atoms with Gasteiger partial charge in [-0.2, -0.15) is 5.10 Å². The van der Waals surface area contributed by atoms with Crippen LogP contribution >= 0.6 is 24.0 Å². The second-order valence-electron chi connectivity index (χ2n) is 6.44. The Bertz CT molecular complexity index is 1180. The summed E-state index contributed by atoms with van der Waals surface area (Å²) in [6.45, 7) is 1.94. The van der Waals surface area contributed by atoms with Crippen molar-refractivity contribution in [3.05, 3.63) is 65.1 Å².